The van der Waals surface area contributed by atoms with Crippen LogP contribution >= 0.6 is 0 Å². The second kappa shape index (κ2) is 5.65. The van der Waals surface area contributed by atoms with E-state index in [0.717, 1.165) is 42.5 Å². The number of nitrogens with one attached hydrogen (secondary N) is 1. The fourth-order valence-corrected chi connectivity index (χ4v) is 2.83. The molecule has 1 atom stereocenters. The van der Waals surface area contributed by atoms with Crippen molar-refractivity contribution in [2.45, 2.75) is 45.1 Å². The maximum Gasteiger partial charge on any atom is 0.309 e. The first-order valence-electron chi connectivity index (χ1n) is 7.39. The first-order valence-corrected chi connectivity index (χ1v) is 7.39. The molecule has 0 spiro atoms. The van der Waals surface area contributed by atoms with Crippen LogP contribution in [0.15, 0.2) is 24.3 Å². The summed E-state index contributed by atoms with van der Waals surface area (Å²) in [5.74, 6) is 0.726. The summed E-state index contributed by atoms with van der Waals surface area (Å²) in [4.78, 5) is 19.8. The third-order valence-electron chi connectivity index (χ3n) is 4.02. The van der Waals surface area contributed by atoms with Gasteiger partial charge in [0.15, 0.2) is 6.10 Å². The molecule has 1 aromatic heterocycles. The van der Waals surface area contributed by atoms with Gasteiger partial charge >= 0.3 is 5.97 Å². The average molecular weight is 272 g/mol. The molecule has 1 aromatic carbocycles. The van der Waals surface area contributed by atoms with E-state index in [1.54, 1.807) is 0 Å². The number of fused-ring (bicyclic) bond motifs is 1. The summed E-state index contributed by atoms with van der Waals surface area (Å²) in [6, 6.07) is 7.83. The fourth-order valence-electron chi connectivity index (χ4n) is 2.83. The third kappa shape index (κ3) is 2.69. The van der Waals surface area contributed by atoms with Gasteiger partial charge in [0, 0.05) is 0 Å². The molecule has 1 saturated carbocycles. The summed E-state index contributed by atoms with van der Waals surface area (Å²) in [6.07, 6.45) is 5.12. The van der Waals surface area contributed by atoms with Crippen molar-refractivity contribution in [3.05, 3.63) is 30.1 Å². The monoisotopic (exact) mass is 272 g/mol. The van der Waals surface area contributed by atoms with Crippen LogP contribution in [0.25, 0.3) is 11.0 Å². The van der Waals surface area contributed by atoms with E-state index < -0.39 is 0 Å². The second-order valence-electron chi connectivity index (χ2n) is 5.55. The molecule has 0 unspecified atom stereocenters. The number of rotatable bonds is 3. The van der Waals surface area contributed by atoms with Crippen LogP contribution in [0.3, 0.4) is 0 Å². The minimum Gasteiger partial charge on any atom is -0.454 e. The summed E-state index contributed by atoms with van der Waals surface area (Å²) in [5, 5.41) is 0. The largest absolute Gasteiger partial charge is 0.454 e. The Morgan fingerprint density at radius 2 is 2.05 bits per heavy atom. The number of carbonyl (C=O) groups excluding carboxylic acids is 1. The van der Waals surface area contributed by atoms with Gasteiger partial charge in [-0.2, -0.15) is 0 Å². The molecule has 1 heterocycles. The van der Waals surface area contributed by atoms with Crippen LogP contribution in [-0.4, -0.2) is 15.9 Å². The van der Waals surface area contributed by atoms with Crippen LogP contribution in [0, 0.1) is 5.92 Å². The minimum absolute atomic E-state index is 0.0716. The third-order valence-corrected chi connectivity index (χ3v) is 4.02. The Morgan fingerprint density at radius 1 is 1.30 bits per heavy atom. The molecule has 0 radical (unpaired) electrons. The van der Waals surface area contributed by atoms with Crippen molar-refractivity contribution < 1.29 is 9.53 Å². The zero-order chi connectivity index (χ0) is 13.9. The molecule has 1 N–H and O–H groups in total. The molecule has 106 valence electrons. The zero-order valence-electron chi connectivity index (χ0n) is 11.8. The molecule has 2 aromatic rings. The first-order chi connectivity index (χ1) is 9.74. The van der Waals surface area contributed by atoms with E-state index in [2.05, 4.69) is 9.97 Å². The lowest BCUT2D eigenvalue weighted by Crippen LogP contribution is -2.22. The van der Waals surface area contributed by atoms with Crippen LogP contribution in [0.5, 0.6) is 0 Å². The second-order valence-corrected chi connectivity index (χ2v) is 5.55. The van der Waals surface area contributed by atoms with Crippen LogP contribution in [0.2, 0.25) is 0 Å². The predicted octanol–water partition coefficient (Wildman–Crippen LogP) is 3.75. The van der Waals surface area contributed by atoms with Crippen LogP contribution in [0.1, 0.15) is 51.0 Å². The van der Waals surface area contributed by atoms with Gasteiger partial charge in [0.2, 0.25) is 0 Å². The lowest BCUT2D eigenvalue weighted by Gasteiger charge is -2.21. The molecule has 1 aliphatic rings. The number of nitrogens with zero attached hydrogens (tertiary/aromatic N) is 1. The fraction of sp³-hybridized carbons (Fsp3) is 0.500. The Bertz CT molecular complexity index is 566. The van der Waals surface area contributed by atoms with Crippen LogP contribution in [0.4, 0.5) is 0 Å². The van der Waals surface area contributed by atoms with E-state index in [0.29, 0.717) is 0 Å². The highest BCUT2D eigenvalue weighted by Crippen LogP contribution is 2.27. The SMILES string of the molecule is C[C@H](OC(=O)C1CCCCC1)c1nc2ccccc2[nH]1. The molecule has 0 amide bonds. The average Bonchev–Trinajstić information content (AvgIpc) is 2.92. The predicted molar refractivity (Wildman–Crippen MR) is 77.2 cm³/mol. The van der Waals surface area contributed by atoms with Gasteiger partial charge in [-0.1, -0.05) is 31.4 Å². The highest BCUT2D eigenvalue weighted by atomic mass is 16.5. The number of carbonyl (C=O) groups is 1. The summed E-state index contributed by atoms with van der Waals surface area (Å²) in [6.45, 7) is 1.87. The lowest BCUT2D eigenvalue weighted by molar-refractivity contribution is -0.155. The summed E-state index contributed by atoms with van der Waals surface area (Å²) in [7, 11) is 0. The summed E-state index contributed by atoms with van der Waals surface area (Å²) in [5.41, 5.74) is 1.88. The molecule has 4 heteroatoms. The first kappa shape index (κ1) is 13.2. The topological polar surface area (TPSA) is 55.0 Å². The quantitative estimate of drug-likeness (QED) is 0.866. The maximum absolute atomic E-state index is 12.1. The molecule has 0 aliphatic heterocycles. The number of para-hydroxylation sites is 2. The van der Waals surface area contributed by atoms with Gasteiger partial charge in [0.25, 0.3) is 0 Å². The van der Waals surface area contributed by atoms with E-state index in [-0.39, 0.29) is 18.0 Å². The van der Waals surface area contributed by atoms with Gasteiger partial charge in [-0.25, -0.2) is 4.98 Å². The number of aromatic amines is 1. The number of H-pyrrole nitrogens is 1. The Kier molecular flexibility index (Phi) is 3.72. The van der Waals surface area contributed by atoms with Crippen LogP contribution in [-0.2, 0) is 9.53 Å². The van der Waals surface area contributed by atoms with Crippen LogP contribution < -0.4 is 0 Å². The number of esters is 1. The Balaban J connectivity index is 1.68. The van der Waals surface area contributed by atoms with Crippen molar-refractivity contribution in [2.75, 3.05) is 0 Å². The standard InChI is InChI=1S/C16H20N2O2/c1-11(20-16(19)12-7-3-2-4-8-12)15-17-13-9-5-6-10-14(13)18-15/h5-6,9-12H,2-4,7-8H2,1H3,(H,17,18)/t11-/m0/s1. The number of aromatic nitrogens is 2. The molecule has 0 bridgehead atoms. The number of benzene rings is 1. The van der Waals surface area contributed by atoms with Crippen molar-refractivity contribution in [1.29, 1.82) is 0 Å². The lowest BCUT2D eigenvalue weighted by atomic mass is 9.89. The minimum atomic E-state index is -0.322. The van der Waals surface area contributed by atoms with E-state index in [1.807, 2.05) is 31.2 Å². The van der Waals surface area contributed by atoms with Gasteiger partial charge in [0.1, 0.15) is 5.82 Å². The zero-order valence-corrected chi connectivity index (χ0v) is 11.8. The molecule has 4 nitrogen and oxygen atoms in total. The molecule has 1 fully saturated rings. The van der Waals surface area contributed by atoms with Gasteiger partial charge in [-0.15, -0.1) is 0 Å². The van der Waals surface area contributed by atoms with Crippen molar-refractivity contribution in [2.24, 2.45) is 5.92 Å². The summed E-state index contributed by atoms with van der Waals surface area (Å²) < 4.78 is 5.57. The molecule has 20 heavy (non-hydrogen) atoms. The summed E-state index contributed by atoms with van der Waals surface area (Å²) >= 11 is 0. The van der Waals surface area contributed by atoms with Crippen molar-refractivity contribution in [3.8, 4) is 0 Å². The number of hydrogen-bond acceptors (Lipinski definition) is 3. The molecular formula is C16H20N2O2. The van der Waals surface area contributed by atoms with Crippen molar-refractivity contribution in [1.82, 2.24) is 9.97 Å². The number of imidazole rings is 1. The molecule has 3 rings (SSSR count). The molecular weight excluding hydrogens is 252 g/mol. The Labute approximate surface area is 118 Å². The smallest absolute Gasteiger partial charge is 0.309 e. The van der Waals surface area contributed by atoms with Gasteiger partial charge < -0.3 is 9.72 Å². The molecule has 1 aliphatic carbocycles. The normalized spacial score (nSPS) is 18.1. The highest BCUT2D eigenvalue weighted by Gasteiger charge is 2.25. The van der Waals surface area contributed by atoms with Crippen molar-refractivity contribution >= 4 is 17.0 Å². The Morgan fingerprint density at radius 3 is 2.80 bits per heavy atom. The van der Waals surface area contributed by atoms with E-state index in [9.17, 15) is 4.79 Å². The van der Waals surface area contributed by atoms with E-state index in [1.165, 1.54) is 6.42 Å². The number of ether oxygens (including phenoxy) is 1. The van der Waals surface area contributed by atoms with Gasteiger partial charge in [-0.3, -0.25) is 4.79 Å². The van der Waals surface area contributed by atoms with Crippen molar-refractivity contribution in [3.63, 3.8) is 0 Å². The highest BCUT2D eigenvalue weighted by molar-refractivity contribution is 5.75. The van der Waals surface area contributed by atoms with Gasteiger partial charge in [-0.05, 0) is 31.9 Å². The molecule has 0 saturated heterocycles. The number of hydrogen-bond donors (Lipinski definition) is 1. The maximum atomic E-state index is 12.1. The van der Waals surface area contributed by atoms with Gasteiger partial charge in [0.05, 0.1) is 17.0 Å². The van der Waals surface area contributed by atoms with E-state index >= 15 is 0 Å². The van der Waals surface area contributed by atoms with E-state index in [4.69, 9.17) is 4.74 Å². The Hall–Kier alpha value is -1.84.